The van der Waals surface area contributed by atoms with Crippen molar-refractivity contribution in [3.05, 3.63) is 35.9 Å². The number of aldehydes is 1. The van der Waals surface area contributed by atoms with Crippen molar-refractivity contribution in [3.8, 4) is 0 Å². The predicted octanol–water partition coefficient (Wildman–Crippen LogP) is 2.53. The molecule has 1 unspecified atom stereocenters. The molecule has 17 heavy (non-hydrogen) atoms. The molecule has 0 N–H and O–H groups in total. The number of hydrogen-bond acceptors (Lipinski definition) is 4. The minimum atomic E-state index is -3.12. The maximum Gasteiger partial charge on any atom is 0.330 e. The molecule has 1 rings (SSSR count). The maximum absolute atomic E-state index is 11.9. The van der Waals surface area contributed by atoms with Crippen molar-refractivity contribution in [3.63, 3.8) is 0 Å². The largest absolute Gasteiger partial charge is 0.330 e. The molecule has 0 aliphatic carbocycles. The highest BCUT2D eigenvalue weighted by molar-refractivity contribution is 7.53. The van der Waals surface area contributed by atoms with E-state index in [4.69, 9.17) is 9.05 Å². The molecule has 94 valence electrons. The molecule has 1 atom stereocenters. The number of benzene rings is 1. The van der Waals surface area contributed by atoms with E-state index in [0.717, 1.165) is 11.8 Å². The molecule has 0 fully saturated rings. The van der Waals surface area contributed by atoms with Crippen LogP contribution in [0.2, 0.25) is 0 Å². The Labute approximate surface area is 101 Å². The van der Waals surface area contributed by atoms with E-state index in [2.05, 4.69) is 0 Å². The van der Waals surface area contributed by atoms with Gasteiger partial charge in [-0.15, -0.1) is 0 Å². The van der Waals surface area contributed by atoms with Gasteiger partial charge in [0.2, 0.25) is 0 Å². The Kier molecular flexibility index (Phi) is 5.56. The first-order chi connectivity index (χ1) is 8.13. The Morgan fingerprint density at radius 1 is 1.24 bits per heavy atom. The molecular weight excluding hydrogens is 239 g/mol. The van der Waals surface area contributed by atoms with Crippen molar-refractivity contribution < 1.29 is 18.4 Å². The van der Waals surface area contributed by atoms with E-state index in [1.54, 1.807) is 0 Å². The number of carbonyl (C=O) groups is 1. The van der Waals surface area contributed by atoms with Crippen LogP contribution < -0.4 is 0 Å². The normalized spacial score (nSPS) is 13.3. The second-order valence-corrected chi connectivity index (χ2v) is 6.06. The Morgan fingerprint density at radius 2 is 1.82 bits per heavy atom. The number of rotatable bonds is 7. The van der Waals surface area contributed by atoms with Gasteiger partial charge in [-0.25, -0.2) is 0 Å². The van der Waals surface area contributed by atoms with Crippen molar-refractivity contribution >= 4 is 13.9 Å². The fraction of sp³-hybridized carbons (Fsp3) is 0.417. The van der Waals surface area contributed by atoms with Gasteiger partial charge in [-0.3, -0.25) is 4.57 Å². The molecule has 1 aromatic carbocycles. The maximum atomic E-state index is 11.9. The minimum absolute atomic E-state index is 0.110. The summed E-state index contributed by atoms with van der Waals surface area (Å²) >= 11 is 0. The second kappa shape index (κ2) is 6.70. The lowest BCUT2D eigenvalue weighted by molar-refractivity contribution is -0.110. The van der Waals surface area contributed by atoms with Crippen LogP contribution >= 0.6 is 7.60 Å². The third kappa shape index (κ3) is 4.43. The van der Waals surface area contributed by atoms with Crippen molar-refractivity contribution in [2.75, 3.05) is 20.4 Å². The third-order valence-electron chi connectivity index (χ3n) is 2.55. The minimum Gasteiger partial charge on any atom is -0.312 e. The lowest BCUT2D eigenvalue weighted by Gasteiger charge is -2.17. The van der Waals surface area contributed by atoms with E-state index in [9.17, 15) is 9.36 Å². The molecule has 0 saturated carbocycles. The van der Waals surface area contributed by atoms with Gasteiger partial charge in [-0.05, 0) is 12.0 Å². The van der Waals surface area contributed by atoms with Gasteiger partial charge in [0.05, 0.1) is 6.16 Å². The van der Waals surface area contributed by atoms with Gasteiger partial charge < -0.3 is 13.8 Å². The summed E-state index contributed by atoms with van der Waals surface area (Å²) < 4.78 is 21.6. The summed E-state index contributed by atoms with van der Waals surface area (Å²) in [6.45, 7) is 0. The Balaban J connectivity index is 2.67. The average molecular weight is 256 g/mol. The molecule has 0 radical (unpaired) electrons. The molecule has 0 spiro atoms. The van der Waals surface area contributed by atoms with E-state index >= 15 is 0 Å². The predicted molar refractivity (Wildman–Crippen MR) is 66.2 cm³/mol. The van der Waals surface area contributed by atoms with Crippen molar-refractivity contribution in [2.45, 2.75) is 6.42 Å². The summed E-state index contributed by atoms with van der Waals surface area (Å²) in [7, 11) is -0.466. The van der Waals surface area contributed by atoms with Gasteiger partial charge in [0, 0.05) is 20.1 Å². The third-order valence-corrected chi connectivity index (χ3v) is 4.58. The zero-order valence-corrected chi connectivity index (χ0v) is 10.9. The molecule has 0 amide bonds. The van der Waals surface area contributed by atoms with Crippen molar-refractivity contribution in [2.24, 2.45) is 5.92 Å². The molecule has 0 bridgehead atoms. The number of hydrogen-bond donors (Lipinski definition) is 0. The van der Waals surface area contributed by atoms with Gasteiger partial charge in [0.1, 0.15) is 6.29 Å². The molecule has 5 heteroatoms. The summed E-state index contributed by atoms with van der Waals surface area (Å²) in [5, 5.41) is 0. The Morgan fingerprint density at radius 3 is 2.29 bits per heavy atom. The highest BCUT2D eigenvalue weighted by Crippen LogP contribution is 2.48. The van der Waals surface area contributed by atoms with Crippen molar-refractivity contribution in [1.29, 1.82) is 0 Å². The first-order valence-corrected chi connectivity index (χ1v) is 7.06. The summed E-state index contributed by atoms with van der Waals surface area (Å²) in [6, 6.07) is 9.59. The topological polar surface area (TPSA) is 52.6 Å². The lowest BCUT2D eigenvalue weighted by atomic mass is 10.0. The molecule has 0 aliphatic heterocycles. The van der Waals surface area contributed by atoms with Crippen LogP contribution in [-0.4, -0.2) is 26.7 Å². The van der Waals surface area contributed by atoms with E-state index in [-0.39, 0.29) is 12.1 Å². The molecule has 0 aromatic heterocycles. The van der Waals surface area contributed by atoms with E-state index in [1.165, 1.54) is 14.2 Å². The van der Waals surface area contributed by atoms with Crippen LogP contribution in [0.3, 0.4) is 0 Å². The van der Waals surface area contributed by atoms with Crippen LogP contribution in [0.1, 0.15) is 5.56 Å². The van der Waals surface area contributed by atoms with Gasteiger partial charge in [-0.1, -0.05) is 30.3 Å². The van der Waals surface area contributed by atoms with Crippen LogP contribution in [0, 0.1) is 5.92 Å². The van der Waals surface area contributed by atoms with Crippen LogP contribution in [-0.2, 0) is 24.8 Å². The smallest absolute Gasteiger partial charge is 0.312 e. The van der Waals surface area contributed by atoms with Gasteiger partial charge in [0.25, 0.3) is 0 Å². The fourth-order valence-corrected chi connectivity index (χ4v) is 2.82. The first-order valence-electron chi connectivity index (χ1n) is 5.33. The highest BCUT2D eigenvalue weighted by atomic mass is 31.2. The quantitative estimate of drug-likeness (QED) is 0.555. The molecule has 0 aliphatic rings. The first kappa shape index (κ1) is 14.1. The van der Waals surface area contributed by atoms with Gasteiger partial charge >= 0.3 is 7.60 Å². The molecule has 0 heterocycles. The number of carbonyl (C=O) groups excluding carboxylic acids is 1. The molecule has 0 saturated heterocycles. The van der Waals surface area contributed by atoms with Crippen molar-refractivity contribution in [1.82, 2.24) is 0 Å². The standard InChI is InChI=1S/C12H17O4P/c1-15-17(14,16-2)10-12(9-13)8-11-6-4-3-5-7-11/h3-7,9,12H,8,10H2,1-2H3. The average Bonchev–Trinajstić information content (AvgIpc) is 2.39. The molecular formula is C12H17O4P. The van der Waals surface area contributed by atoms with E-state index in [1.807, 2.05) is 30.3 Å². The lowest BCUT2D eigenvalue weighted by Crippen LogP contribution is -2.13. The molecule has 4 nitrogen and oxygen atoms in total. The van der Waals surface area contributed by atoms with E-state index in [0.29, 0.717) is 6.42 Å². The van der Waals surface area contributed by atoms with Crippen LogP contribution in [0.4, 0.5) is 0 Å². The van der Waals surface area contributed by atoms with Gasteiger partial charge in [-0.2, -0.15) is 0 Å². The zero-order chi connectivity index (χ0) is 12.7. The highest BCUT2D eigenvalue weighted by Gasteiger charge is 2.26. The summed E-state index contributed by atoms with van der Waals surface area (Å²) in [4.78, 5) is 11.0. The van der Waals surface area contributed by atoms with Gasteiger partial charge in [0.15, 0.2) is 0 Å². The van der Waals surface area contributed by atoms with Crippen LogP contribution in [0.15, 0.2) is 30.3 Å². The monoisotopic (exact) mass is 256 g/mol. The second-order valence-electron chi connectivity index (χ2n) is 3.74. The van der Waals surface area contributed by atoms with E-state index < -0.39 is 7.60 Å². The van der Waals surface area contributed by atoms with Crippen LogP contribution in [0.5, 0.6) is 0 Å². The van der Waals surface area contributed by atoms with Crippen LogP contribution in [0.25, 0.3) is 0 Å². The fourth-order valence-electron chi connectivity index (χ4n) is 1.58. The summed E-state index contributed by atoms with van der Waals surface area (Å²) in [5.74, 6) is -0.358. The summed E-state index contributed by atoms with van der Waals surface area (Å²) in [6.07, 6.45) is 1.46. The Hall–Kier alpha value is -0.960. The zero-order valence-electron chi connectivity index (χ0n) is 10.0. The molecule has 1 aromatic rings. The summed E-state index contributed by atoms with van der Waals surface area (Å²) in [5.41, 5.74) is 1.03. The Bertz CT molecular complexity index is 383. The SMILES string of the molecule is COP(=O)(CC(C=O)Cc1ccccc1)OC.